The van der Waals surface area contributed by atoms with Crippen LogP contribution in [0.2, 0.25) is 0 Å². The Hall–Kier alpha value is -3.35. The Morgan fingerprint density at radius 2 is 1.65 bits per heavy atom. The van der Waals surface area contributed by atoms with E-state index in [4.69, 9.17) is 0 Å². The van der Waals surface area contributed by atoms with Gasteiger partial charge in [-0.1, -0.05) is 18.2 Å². The van der Waals surface area contributed by atoms with Crippen LogP contribution in [0.1, 0.15) is 23.0 Å². The summed E-state index contributed by atoms with van der Waals surface area (Å²) in [6, 6.07) is 12.1. The van der Waals surface area contributed by atoms with E-state index in [1.165, 1.54) is 13.0 Å². The summed E-state index contributed by atoms with van der Waals surface area (Å²) in [5.41, 5.74) is 1.50. The van der Waals surface area contributed by atoms with Crippen LogP contribution in [-0.4, -0.2) is 15.8 Å². The lowest BCUT2D eigenvalue weighted by molar-refractivity contribution is 0.101. The minimum Gasteiger partial charge on any atom is -0.335 e. The number of benzene rings is 2. The van der Waals surface area contributed by atoms with Gasteiger partial charge in [0.25, 0.3) is 0 Å². The van der Waals surface area contributed by atoms with E-state index in [9.17, 15) is 13.6 Å². The molecule has 0 saturated heterocycles. The zero-order valence-electron chi connectivity index (χ0n) is 14.2. The normalized spacial score (nSPS) is 10.5. The summed E-state index contributed by atoms with van der Waals surface area (Å²) in [6.45, 7) is 3.22. The van der Waals surface area contributed by atoms with Gasteiger partial charge in [-0.2, -0.15) is 4.98 Å². The Kier molecular flexibility index (Phi) is 4.88. The fraction of sp³-hybridized carbons (Fsp3) is 0.105. The first-order chi connectivity index (χ1) is 12.4. The van der Waals surface area contributed by atoms with Gasteiger partial charge >= 0.3 is 0 Å². The molecule has 0 aliphatic heterocycles. The van der Waals surface area contributed by atoms with Crippen molar-refractivity contribution in [3.63, 3.8) is 0 Å². The number of anilines is 4. The second kappa shape index (κ2) is 7.26. The zero-order chi connectivity index (χ0) is 18.7. The van der Waals surface area contributed by atoms with Crippen LogP contribution in [0.5, 0.6) is 0 Å². The van der Waals surface area contributed by atoms with E-state index in [2.05, 4.69) is 20.6 Å². The summed E-state index contributed by atoms with van der Waals surface area (Å²) in [5, 5.41) is 5.64. The maximum atomic E-state index is 13.8. The van der Waals surface area contributed by atoms with E-state index < -0.39 is 11.6 Å². The van der Waals surface area contributed by atoms with E-state index in [1.54, 1.807) is 37.3 Å². The third kappa shape index (κ3) is 4.00. The number of ketones is 1. The Morgan fingerprint density at radius 3 is 2.35 bits per heavy atom. The fourth-order valence-electron chi connectivity index (χ4n) is 2.38. The highest BCUT2D eigenvalue weighted by Gasteiger charge is 2.11. The molecule has 1 aromatic heterocycles. The zero-order valence-corrected chi connectivity index (χ0v) is 14.2. The topological polar surface area (TPSA) is 66.9 Å². The number of carbonyl (C=O) groups is 1. The molecule has 0 aliphatic rings. The van der Waals surface area contributed by atoms with Gasteiger partial charge in [0.1, 0.15) is 23.1 Å². The molecule has 5 nitrogen and oxygen atoms in total. The lowest BCUT2D eigenvalue weighted by atomic mass is 10.1. The third-order valence-electron chi connectivity index (χ3n) is 3.60. The first kappa shape index (κ1) is 17.5. The van der Waals surface area contributed by atoms with Gasteiger partial charge in [-0.15, -0.1) is 0 Å². The number of rotatable bonds is 5. The highest BCUT2D eigenvalue weighted by molar-refractivity contribution is 5.95. The monoisotopic (exact) mass is 354 g/mol. The maximum Gasteiger partial charge on any atom is 0.229 e. The number of aryl methyl sites for hydroxylation is 1. The summed E-state index contributed by atoms with van der Waals surface area (Å²) < 4.78 is 27.6. The van der Waals surface area contributed by atoms with Gasteiger partial charge in [0.15, 0.2) is 5.78 Å². The first-order valence-electron chi connectivity index (χ1n) is 7.87. The molecule has 0 saturated carbocycles. The van der Waals surface area contributed by atoms with Crippen molar-refractivity contribution in [2.24, 2.45) is 0 Å². The van der Waals surface area contributed by atoms with Crippen LogP contribution in [0.15, 0.2) is 48.5 Å². The quantitative estimate of drug-likeness (QED) is 0.647. The van der Waals surface area contributed by atoms with Crippen LogP contribution in [0.25, 0.3) is 0 Å². The van der Waals surface area contributed by atoms with Crippen molar-refractivity contribution in [3.8, 4) is 0 Å². The van der Waals surface area contributed by atoms with E-state index >= 15 is 0 Å². The second-order valence-corrected chi connectivity index (χ2v) is 5.70. The number of para-hydroxylation sites is 1. The molecule has 7 heteroatoms. The van der Waals surface area contributed by atoms with Gasteiger partial charge in [0.05, 0.1) is 0 Å². The number of halogens is 2. The molecule has 0 atom stereocenters. The van der Waals surface area contributed by atoms with Crippen LogP contribution in [-0.2, 0) is 0 Å². The van der Waals surface area contributed by atoms with E-state index in [1.807, 2.05) is 0 Å². The molecule has 0 spiro atoms. The Morgan fingerprint density at radius 1 is 0.962 bits per heavy atom. The smallest absolute Gasteiger partial charge is 0.229 e. The van der Waals surface area contributed by atoms with E-state index in [0.29, 0.717) is 16.9 Å². The molecule has 26 heavy (non-hydrogen) atoms. The SMILES string of the molecule is CC(=O)c1cccc(Nc2nc(C)cc(Nc3c(F)cccc3F)n2)c1. The molecular formula is C19H16F2N4O. The molecule has 3 aromatic rings. The number of hydrogen-bond acceptors (Lipinski definition) is 5. The molecule has 0 bridgehead atoms. The predicted molar refractivity (Wildman–Crippen MR) is 96.1 cm³/mol. The van der Waals surface area contributed by atoms with Gasteiger partial charge in [-0.25, -0.2) is 13.8 Å². The molecule has 1 heterocycles. The molecule has 0 fully saturated rings. The van der Waals surface area contributed by atoms with E-state index in [-0.39, 0.29) is 23.2 Å². The number of nitrogens with one attached hydrogen (secondary N) is 2. The summed E-state index contributed by atoms with van der Waals surface area (Å²) in [7, 11) is 0. The van der Waals surface area contributed by atoms with Crippen LogP contribution in [0, 0.1) is 18.6 Å². The number of Topliss-reactive ketones (excluding diaryl/α,β-unsaturated/α-hetero) is 1. The molecule has 132 valence electrons. The molecule has 0 aliphatic carbocycles. The standard InChI is InChI=1S/C19H16F2N4O/c1-11-9-17(24-18-15(20)7-4-8-16(18)21)25-19(22-11)23-14-6-3-5-13(10-14)12(2)26/h3-10H,1-2H3,(H2,22,23,24,25). The largest absolute Gasteiger partial charge is 0.335 e. The van der Waals surface area contributed by atoms with Crippen molar-refractivity contribution in [1.82, 2.24) is 9.97 Å². The number of hydrogen-bond donors (Lipinski definition) is 2. The Bertz CT molecular complexity index is 955. The van der Waals surface area contributed by atoms with Gasteiger partial charge in [0.2, 0.25) is 5.95 Å². The van der Waals surface area contributed by atoms with Gasteiger partial charge < -0.3 is 10.6 Å². The minimum atomic E-state index is -0.718. The van der Waals surface area contributed by atoms with E-state index in [0.717, 1.165) is 12.1 Å². The second-order valence-electron chi connectivity index (χ2n) is 5.70. The lowest BCUT2D eigenvalue weighted by Crippen LogP contribution is -2.04. The fourth-order valence-corrected chi connectivity index (χ4v) is 2.38. The molecule has 2 N–H and O–H groups in total. The highest BCUT2D eigenvalue weighted by Crippen LogP contribution is 2.24. The number of aromatic nitrogens is 2. The van der Waals surface area contributed by atoms with Crippen LogP contribution in [0.3, 0.4) is 0 Å². The van der Waals surface area contributed by atoms with Crippen LogP contribution in [0.4, 0.5) is 31.9 Å². The highest BCUT2D eigenvalue weighted by atomic mass is 19.1. The molecule has 0 unspecified atom stereocenters. The van der Waals surface area contributed by atoms with Crippen LogP contribution < -0.4 is 10.6 Å². The van der Waals surface area contributed by atoms with Crippen LogP contribution >= 0.6 is 0 Å². The summed E-state index contributed by atoms with van der Waals surface area (Å²) >= 11 is 0. The Balaban J connectivity index is 1.88. The number of carbonyl (C=O) groups excluding carboxylic acids is 1. The average Bonchev–Trinajstić information content (AvgIpc) is 2.58. The molecular weight excluding hydrogens is 338 g/mol. The van der Waals surface area contributed by atoms with Crippen molar-refractivity contribution < 1.29 is 13.6 Å². The van der Waals surface area contributed by atoms with Gasteiger partial charge in [-0.3, -0.25) is 4.79 Å². The molecule has 0 amide bonds. The van der Waals surface area contributed by atoms with Gasteiger partial charge in [-0.05, 0) is 38.1 Å². The van der Waals surface area contributed by atoms with Crippen molar-refractivity contribution in [1.29, 1.82) is 0 Å². The first-order valence-corrected chi connectivity index (χ1v) is 7.87. The third-order valence-corrected chi connectivity index (χ3v) is 3.60. The summed E-state index contributed by atoms with van der Waals surface area (Å²) in [4.78, 5) is 20.0. The van der Waals surface area contributed by atoms with Crippen molar-refractivity contribution >= 4 is 28.9 Å². The number of nitrogens with zero attached hydrogens (tertiary/aromatic N) is 2. The Labute approximate surface area is 149 Å². The molecule has 2 aromatic carbocycles. The van der Waals surface area contributed by atoms with Crippen molar-refractivity contribution in [2.45, 2.75) is 13.8 Å². The summed E-state index contributed by atoms with van der Waals surface area (Å²) in [5.74, 6) is -1.01. The maximum absolute atomic E-state index is 13.8. The summed E-state index contributed by atoms with van der Waals surface area (Å²) in [6.07, 6.45) is 0. The lowest BCUT2D eigenvalue weighted by Gasteiger charge is -2.11. The minimum absolute atomic E-state index is 0.0591. The molecule has 0 radical (unpaired) electrons. The molecule has 3 rings (SSSR count). The predicted octanol–water partition coefficient (Wildman–Crippen LogP) is 4.75. The van der Waals surface area contributed by atoms with Crippen molar-refractivity contribution in [2.75, 3.05) is 10.6 Å². The van der Waals surface area contributed by atoms with Gasteiger partial charge in [0, 0.05) is 23.0 Å². The average molecular weight is 354 g/mol. The van der Waals surface area contributed by atoms with Crippen molar-refractivity contribution in [3.05, 3.63) is 71.4 Å².